The predicted molar refractivity (Wildman–Crippen MR) is 102 cm³/mol. The molecule has 1 aliphatic carbocycles. The van der Waals surface area contributed by atoms with Crippen LogP contribution in [0, 0.1) is 5.92 Å². The normalized spacial score (nSPS) is 16.2. The second-order valence-corrected chi connectivity index (χ2v) is 8.22. The van der Waals surface area contributed by atoms with E-state index in [1.165, 1.54) is 38.5 Å². The SMILES string of the molecule is CN=C(NCCCC1CCCC1)NCCc1ccc(S(N)(=O)=O)cc1. The molecule has 2 rings (SSSR count). The van der Waals surface area contributed by atoms with Gasteiger partial charge in [-0.25, -0.2) is 13.6 Å². The number of hydrogen-bond acceptors (Lipinski definition) is 3. The van der Waals surface area contributed by atoms with E-state index in [2.05, 4.69) is 15.6 Å². The Kier molecular flexibility index (Phi) is 7.71. The first-order valence-corrected chi connectivity index (χ1v) is 10.6. The second-order valence-electron chi connectivity index (χ2n) is 6.66. The van der Waals surface area contributed by atoms with Crippen molar-refractivity contribution in [2.75, 3.05) is 20.1 Å². The third-order valence-corrected chi connectivity index (χ3v) is 5.67. The third kappa shape index (κ3) is 7.04. The number of aliphatic imine (C=N–C) groups is 1. The summed E-state index contributed by atoms with van der Waals surface area (Å²) >= 11 is 0. The number of sulfonamides is 1. The quantitative estimate of drug-likeness (QED) is 0.372. The first-order chi connectivity index (χ1) is 12.0. The van der Waals surface area contributed by atoms with Crippen molar-refractivity contribution in [1.82, 2.24) is 10.6 Å². The second kappa shape index (κ2) is 9.77. The van der Waals surface area contributed by atoms with Crippen molar-refractivity contribution >= 4 is 16.0 Å². The minimum atomic E-state index is -3.62. The van der Waals surface area contributed by atoms with Crippen molar-refractivity contribution in [2.24, 2.45) is 16.0 Å². The molecule has 1 saturated carbocycles. The average molecular weight is 367 g/mol. The molecule has 1 aromatic rings. The number of benzene rings is 1. The van der Waals surface area contributed by atoms with Gasteiger partial charge in [0.25, 0.3) is 0 Å². The van der Waals surface area contributed by atoms with Gasteiger partial charge in [0.05, 0.1) is 4.90 Å². The molecule has 0 heterocycles. The monoisotopic (exact) mass is 366 g/mol. The van der Waals surface area contributed by atoms with Crippen molar-refractivity contribution < 1.29 is 8.42 Å². The Hall–Kier alpha value is -1.60. The van der Waals surface area contributed by atoms with Crippen molar-refractivity contribution in [3.05, 3.63) is 29.8 Å². The lowest BCUT2D eigenvalue weighted by Crippen LogP contribution is -2.38. The van der Waals surface area contributed by atoms with Crippen LogP contribution < -0.4 is 15.8 Å². The summed E-state index contributed by atoms with van der Waals surface area (Å²) in [6.07, 6.45) is 8.88. The highest BCUT2D eigenvalue weighted by Gasteiger charge is 2.14. The van der Waals surface area contributed by atoms with Gasteiger partial charge in [0.2, 0.25) is 10.0 Å². The minimum Gasteiger partial charge on any atom is -0.356 e. The molecule has 7 heteroatoms. The van der Waals surface area contributed by atoms with Gasteiger partial charge >= 0.3 is 0 Å². The van der Waals surface area contributed by atoms with E-state index in [1.807, 2.05) is 0 Å². The van der Waals surface area contributed by atoms with Crippen LogP contribution in [0.25, 0.3) is 0 Å². The van der Waals surface area contributed by atoms with Gasteiger partial charge < -0.3 is 10.6 Å². The minimum absolute atomic E-state index is 0.143. The van der Waals surface area contributed by atoms with Crippen LogP contribution in [0.1, 0.15) is 44.1 Å². The summed E-state index contributed by atoms with van der Waals surface area (Å²) in [4.78, 5) is 4.38. The molecule has 140 valence electrons. The van der Waals surface area contributed by atoms with Crippen molar-refractivity contribution in [3.63, 3.8) is 0 Å². The number of hydrogen-bond donors (Lipinski definition) is 3. The number of rotatable bonds is 8. The summed E-state index contributed by atoms with van der Waals surface area (Å²) in [5.74, 6) is 1.74. The molecule has 0 aromatic heterocycles. The first kappa shape index (κ1) is 19.7. The zero-order chi connectivity index (χ0) is 18.1. The van der Waals surface area contributed by atoms with E-state index in [9.17, 15) is 8.42 Å². The fourth-order valence-corrected chi connectivity index (χ4v) is 3.80. The molecule has 25 heavy (non-hydrogen) atoms. The number of nitrogens with zero attached hydrogens (tertiary/aromatic N) is 1. The van der Waals surface area contributed by atoms with Crippen molar-refractivity contribution in [1.29, 1.82) is 0 Å². The first-order valence-electron chi connectivity index (χ1n) is 9.05. The van der Waals surface area contributed by atoms with Crippen LogP contribution in [0.5, 0.6) is 0 Å². The van der Waals surface area contributed by atoms with Gasteiger partial charge in [0, 0.05) is 20.1 Å². The highest BCUT2D eigenvalue weighted by molar-refractivity contribution is 7.89. The lowest BCUT2D eigenvalue weighted by molar-refractivity contribution is 0.481. The molecule has 0 saturated heterocycles. The van der Waals surface area contributed by atoms with Gasteiger partial charge in [-0.3, -0.25) is 4.99 Å². The topological polar surface area (TPSA) is 96.6 Å². The average Bonchev–Trinajstić information content (AvgIpc) is 3.10. The summed E-state index contributed by atoms with van der Waals surface area (Å²) in [5.41, 5.74) is 1.05. The highest BCUT2D eigenvalue weighted by atomic mass is 32.2. The summed E-state index contributed by atoms with van der Waals surface area (Å²) in [7, 11) is -1.85. The predicted octanol–water partition coefficient (Wildman–Crippen LogP) is 2.01. The number of nitrogens with two attached hydrogens (primary N) is 1. The van der Waals surface area contributed by atoms with Crippen LogP contribution in [0.2, 0.25) is 0 Å². The van der Waals surface area contributed by atoms with Crippen LogP contribution in [-0.2, 0) is 16.4 Å². The molecule has 0 radical (unpaired) electrons. The zero-order valence-electron chi connectivity index (χ0n) is 15.0. The Morgan fingerprint density at radius 2 is 1.80 bits per heavy atom. The molecule has 1 fully saturated rings. The molecule has 6 nitrogen and oxygen atoms in total. The maximum Gasteiger partial charge on any atom is 0.238 e. The lowest BCUT2D eigenvalue weighted by Gasteiger charge is -2.13. The smallest absolute Gasteiger partial charge is 0.238 e. The molecule has 1 aromatic carbocycles. The lowest BCUT2D eigenvalue weighted by atomic mass is 10.0. The highest BCUT2D eigenvalue weighted by Crippen LogP contribution is 2.28. The zero-order valence-corrected chi connectivity index (χ0v) is 15.8. The molecule has 4 N–H and O–H groups in total. The van der Waals surface area contributed by atoms with Crippen LogP contribution in [0.15, 0.2) is 34.2 Å². The largest absolute Gasteiger partial charge is 0.356 e. The Balaban J connectivity index is 1.65. The van der Waals surface area contributed by atoms with Crippen LogP contribution in [0.4, 0.5) is 0 Å². The fourth-order valence-electron chi connectivity index (χ4n) is 3.29. The number of primary sulfonamides is 1. The van der Waals surface area contributed by atoms with Crippen molar-refractivity contribution in [3.8, 4) is 0 Å². The van der Waals surface area contributed by atoms with E-state index in [-0.39, 0.29) is 4.90 Å². The van der Waals surface area contributed by atoms with Gasteiger partial charge in [0.1, 0.15) is 0 Å². The molecule has 0 amide bonds. The molecule has 0 spiro atoms. The summed E-state index contributed by atoms with van der Waals surface area (Å²) in [5, 5.41) is 11.7. The van der Waals surface area contributed by atoms with E-state index in [0.29, 0.717) is 0 Å². The summed E-state index contributed by atoms with van der Waals surface area (Å²) < 4.78 is 22.5. The Bertz CT molecular complexity index is 650. The van der Waals surface area contributed by atoms with Gasteiger partial charge in [-0.1, -0.05) is 37.8 Å². The Morgan fingerprint density at radius 3 is 2.40 bits per heavy atom. The summed E-state index contributed by atoms with van der Waals surface area (Å²) in [6, 6.07) is 6.67. The van der Waals surface area contributed by atoms with E-state index in [4.69, 9.17) is 5.14 Å². The molecule has 0 aliphatic heterocycles. The van der Waals surface area contributed by atoms with Crippen LogP contribution in [-0.4, -0.2) is 34.5 Å². The van der Waals surface area contributed by atoms with E-state index >= 15 is 0 Å². The molecule has 0 atom stereocenters. The van der Waals surface area contributed by atoms with Crippen molar-refractivity contribution in [2.45, 2.75) is 49.8 Å². The number of guanidine groups is 1. The third-order valence-electron chi connectivity index (χ3n) is 4.74. The number of nitrogens with one attached hydrogen (secondary N) is 2. The molecule has 0 bridgehead atoms. The molecule has 0 unspecified atom stereocenters. The van der Waals surface area contributed by atoms with E-state index in [1.54, 1.807) is 31.3 Å². The van der Waals surface area contributed by atoms with Gasteiger partial charge in [-0.2, -0.15) is 0 Å². The fraction of sp³-hybridized carbons (Fsp3) is 0.611. The molecule has 1 aliphatic rings. The molecular formula is C18H30N4O2S. The van der Waals surface area contributed by atoms with Gasteiger partial charge in [-0.05, 0) is 42.9 Å². The van der Waals surface area contributed by atoms with E-state index < -0.39 is 10.0 Å². The molecular weight excluding hydrogens is 336 g/mol. The summed E-state index contributed by atoms with van der Waals surface area (Å²) in [6.45, 7) is 1.68. The van der Waals surface area contributed by atoms with Crippen LogP contribution in [0.3, 0.4) is 0 Å². The van der Waals surface area contributed by atoms with E-state index in [0.717, 1.165) is 37.0 Å². The maximum atomic E-state index is 11.2. The van der Waals surface area contributed by atoms with Crippen LogP contribution >= 0.6 is 0 Å². The standard InChI is InChI=1S/C18H30N4O2S/c1-20-18(21-13-4-7-15-5-2-3-6-15)22-14-12-16-8-10-17(11-9-16)25(19,23)24/h8-11,15H,2-7,12-14H2,1H3,(H2,19,23,24)(H2,20,21,22). The van der Waals surface area contributed by atoms with Gasteiger partial charge in [-0.15, -0.1) is 0 Å². The van der Waals surface area contributed by atoms with Gasteiger partial charge in [0.15, 0.2) is 5.96 Å². The maximum absolute atomic E-state index is 11.2. The Labute approximate surface area is 151 Å². The Morgan fingerprint density at radius 1 is 1.16 bits per heavy atom.